The largest absolute Gasteiger partial charge is 0.496 e. The zero-order valence-electron chi connectivity index (χ0n) is 22.8. The van der Waals surface area contributed by atoms with Gasteiger partial charge in [0, 0.05) is 16.8 Å². The SMILES string of the molecule is CNC(C)C(=O)NC1CCc2ccccc2N(Cc2c(OC)ccc3cc(-c4n[nH]c(=O)c(=O)[nH]4)ccc23)C1=O.Cl. The van der Waals surface area contributed by atoms with Gasteiger partial charge in [0.15, 0.2) is 5.82 Å². The molecule has 214 valence electrons. The van der Waals surface area contributed by atoms with Crippen molar-refractivity contribution in [1.29, 1.82) is 0 Å². The van der Waals surface area contributed by atoms with Gasteiger partial charge in [-0.3, -0.25) is 19.2 Å². The lowest BCUT2D eigenvalue weighted by Gasteiger charge is -2.28. The van der Waals surface area contributed by atoms with Crippen molar-refractivity contribution >= 4 is 40.7 Å². The number of rotatable bonds is 7. The monoisotopic (exact) mass is 578 g/mol. The number of amides is 2. The maximum Gasteiger partial charge on any atom is 0.329 e. The van der Waals surface area contributed by atoms with Crippen LogP contribution in [0, 0.1) is 0 Å². The molecule has 0 saturated heterocycles. The van der Waals surface area contributed by atoms with Crippen LogP contribution < -0.4 is 31.4 Å². The number of likely N-dealkylation sites (N-methyl/N-ethyl adjacent to an activating group) is 1. The van der Waals surface area contributed by atoms with Crippen molar-refractivity contribution in [3.05, 3.63) is 86.4 Å². The molecule has 1 aliphatic rings. The molecule has 1 aliphatic heterocycles. The number of aromatic amines is 2. The van der Waals surface area contributed by atoms with E-state index in [1.807, 2.05) is 48.5 Å². The third-order valence-electron chi connectivity index (χ3n) is 7.30. The predicted octanol–water partition coefficient (Wildman–Crippen LogP) is 2.28. The number of para-hydroxylation sites is 1. The number of aryl methyl sites for hydroxylation is 1. The normalized spacial score (nSPS) is 15.4. The van der Waals surface area contributed by atoms with E-state index in [9.17, 15) is 19.2 Å². The summed E-state index contributed by atoms with van der Waals surface area (Å²) in [4.78, 5) is 54.1. The van der Waals surface area contributed by atoms with Crippen molar-refractivity contribution in [1.82, 2.24) is 25.8 Å². The quantitative estimate of drug-likeness (QED) is 0.246. The summed E-state index contributed by atoms with van der Waals surface area (Å²) >= 11 is 0. The van der Waals surface area contributed by atoms with Crippen molar-refractivity contribution in [2.45, 2.75) is 38.4 Å². The Morgan fingerprint density at radius 1 is 1.12 bits per heavy atom. The Kier molecular flexibility index (Phi) is 8.89. The molecule has 2 heterocycles. The highest BCUT2D eigenvalue weighted by molar-refractivity contribution is 6.02. The molecule has 3 aromatic carbocycles. The number of benzene rings is 3. The van der Waals surface area contributed by atoms with Gasteiger partial charge in [0.2, 0.25) is 11.8 Å². The van der Waals surface area contributed by atoms with Gasteiger partial charge in [0.05, 0.1) is 19.7 Å². The number of nitrogens with one attached hydrogen (secondary N) is 4. The van der Waals surface area contributed by atoms with Crippen LogP contribution in [-0.2, 0) is 22.6 Å². The first-order chi connectivity index (χ1) is 19.3. The lowest BCUT2D eigenvalue weighted by atomic mass is 9.99. The average molecular weight is 579 g/mol. The van der Waals surface area contributed by atoms with E-state index in [0.29, 0.717) is 24.2 Å². The van der Waals surface area contributed by atoms with Crippen molar-refractivity contribution in [3.8, 4) is 17.1 Å². The van der Waals surface area contributed by atoms with Gasteiger partial charge in [-0.25, -0.2) is 5.10 Å². The molecule has 11 nitrogen and oxygen atoms in total. The number of anilines is 1. The van der Waals surface area contributed by atoms with Gasteiger partial charge in [-0.2, -0.15) is 5.10 Å². The molecule has 0 aliphatic carbocycles. The lowest BCUT2D eigenvalue weighted by molar-refractivity contribution is -0.128. The Balaban J connectivity index is 0.00000387. The molecular weight excluding hydrogens is 548 g/mol. The number of H-pyrrole nitrogens is 2. The van der Waals surface area contributed by atoms with Gasteiger partial charge in [-0.1, -0.05) is 36.4 Å². The Morgan fingerprint density at radius 3 is 2.63 bits per heavy atom. The Morgan fingerprint density at radius 2 is 1.90 bits per heavy atom. The number of carbonyl (C=O) groups is 2. The molecule has 0 spiro atoms. The molecule has 2 atom stereocenters. The third kappa shape index (κ3) is 5.86. The van der Waals surface area contributed by atoms with Gasteiger partial charge in [0.1, 0.15) is 11.8 Å². The zero-order chi connectivity index (χ0) is 28.4. The Bertz CT molecular complexity index is 1720. The highest BCUT2D eigenvalue weighted by atomic mass is 35.5. The molecule has 1 aromatic heterocycles. The van der Waals surface area contributed by atoms with Crippen molar-refractivity contribution in [3.63, 3.8) is 0 Å². The van der Waals surface area contributed by atoms with Crippen LogP contribution in [0.1, 0.15) is 24.5 Å². The van der Waals surface area contributed by atoms with Crippen LogP contribution in [-0.4, -0.2) is 53.2 Å². The van der Waals surface area contributed by atoms with Crippen molar-refractivity contribution < 1.29 is 14.3 Å². The number of hydrogen-bond acceptors (Lipinski definition) is 7. The molecule has 0 saturated carbocycles. The number of hydrogen-bond donors (Lipinski definition) is 4. The minimum Gasteiger partial charge on any atom is -0.496 e. The predicted molar refractivity (Wildman–Crippen MR) is 159 cm³/mol. The smallest absolute Gasteiger partial charge is 0.329 e. The maximum absolute atomic E-state index is 14.0. The van der Waals surface area contributed by atoms with E-state index in [2.05, 4.69) is 25.8 Å². The number of aromatic nitrogens is 3. The minimum atomic E-state index is -0.825. The molecule has 12 heteroatoms. The van der Waals surface area contributed by atoms with E-state index in [1.165, 1.54) is 0 Å². The number of ether oxygens (including phenoxy) is 1. The van der Waals surface area contributed by atoms with Crippen LogP contribution in [0.4, 0.5) is 5.69 Å². The summed E-state index contributed by atoms with van der Waals surface area (Å²) in [6, 6.07) is 15.8. The fraction of sp³-hybridized carbons (Fsp3) is 0.276. The molecule has 41 heavy (non-hydrogen) atoms. The second-order valence-electron chi connectivity index (χ2n) is 9.70. The molecule has 4 N–H and O–H groups in total. The topological polar surface area (TPSA) is 149 Å². The van der Waals surface area contributed by atoms with E-state index in [0.717, 1.165) is 27.6 Å². The second-order valence-corrected chi connectivity index (χ2v) is 9.70. The first-order valence-corrected chi connectivity index (χ1v) is 13.0. The zero-order valence-corrected chi connectivity index (χ0v) is 23.6. The van der Waals surface area contributed by atoms with E-state index in [4.69, 9.17) is 4.74 Å². The maximum atomic E-state index is 14.0. The van der Waals surface area contributed by atoms with Crippen LogP contribution >= 0.6 is 12.4 Å². The fourth-order valence-electron chi connectivity index (χ4n) is 4.96. The molecular formula is C29H31ClN6O5. The molecule has 4 aromatic rings. The highest BCUT2D eigenvalue weighted by Crippen LogP contribution is 2.35. The fourth-order valence-corrected chi connectivity index (χ4v) is 4.96. The van der Waals surface area contributed by atoms with Gasteiger partial charge >= 0.3 is 11.1 Å². The van der Waals surface area contributed by atoms with Crippen LogP contribution in [0.25, 0.3) is 22.2 Å². The lowest BCUT2D eigenvalue weighted by Crippen LogP contribution is -2.52. The summed E-state index contributed by atoms with van der Waals surface area (Å²) in [5.41, 5.74) is 1.58. The molecule has 0 fully saturated rings. The standard InChI is InChI=1S/C29H30N6O5.ClH/c1-16(30-2)26(36)31-22-12-9-17-6-4-5-7-23(17)35(29(22)39)15-21-20-11-8-19(14-18(20)10-13-24(21)40-3)25-32-27(37)28(38)34-33-25;/h4-8,10-11,13-14,16,22,30H,9,12,15H2,1-3H3,(H,31,36)(H,34,38)(H,32,33,37);1H. The first-order valence-electron chi connectivity index (χ1n) is 13.0. The average Bonchev–Trinajstić information content (AvgIpc) is 3.10. The van der Waals surface area contributed by atoms with Gasteiger partial charge in [-0.05, 0) is 61.3 Å². The summed E-state index contributed by atoms with van der Waals surface area (Å²) in [7, 11) is 3.28. The van der Waals surface area contributed by atoms with Gasteiger partial charge in [-0.15, -0.1) is 12.4 Å². The third-order valence-corrected chi connectivity index (χ3v) is 7.30. The van der Waals surface area contributed by atoms with Crippen LogP contribution in [0.5, 0.6) is 5.75 Å². The van der Waals surface area contributed by atoms with E-state index in [-0.39, 0.29) is 36.6 Å². The minimum absolute atomic E-state index is 0. The van der Waals surface area contributed by atoms with E-state index >= 15 is 0 Å². The Hall–Kier alpha value is -4.48. The Labute approximate surface area is 241 Å². The summed E-state index contributed by atoms with van der Waals surface area (Å²) in [5, 5.41) is 13.7. The van der Waals surface area contributed by atoms with Crippen LogP contribution in [0.15, 0.2) is 64.2 Å². The summed E-state index contributed by atoms with van der Waals surface area (Å²) in [6.45, 7) is 1.95. The number of halogens is 1. The molecule has 2 amide bonds. The molecule has 5 rings (SSSR count). The highest BCUT2D eigenvalue weighted by Gasteiger charge is 2.33. The van der Waals surface area contributed by atoms with E-state index < -0.39 is 23.2 Å². The number of nitrogens with zero attached hydrogens (tertiary/aromatic N) is 2. The molecule has 0 bridgehead atoms. The second kappa shape index (κ2) is 12.4. The number of fused-ring (bicyclic) bond motifs is 2. The molecule has 0 radical (unpaired) electrons. The van der Waals surface area contributed by atoms with E-state index in [1.54, 1.807) is 32.0 Å². The van der Waals surface area contributed by atoms with Crippen LogP contribution in [0.2, 0.25) is 0 Å². The molecule has 2 unspecified atom stereocenters. The summed E-state index contributed by atoms with van der Waals surface area (Å²) < 4.78 is 5.72. The first kappa shape index (κ1) is 29.5. The number of carbonyl (C=O) groups excluding carboxylic acids is 2. The number of methoxy groups -OCH3 is 1. The van der Waals surface area contributed by atoms with Crippen molar-refractivity contribution in [2.75, 3.05) is 19.1 Å². The van der Waals surface area contributed by atoms with Crippen LogP contribution in [0.3, 0.4) is 0 Å². The van der Waals surface area contributed by atoms with Gasteiger partial charge < -0.3 is 25.3 Å². The van der Waals surface area contributed by atoms with Gasteiger partial charge in [0.25, 0.3) is 0 Å². The summed E-state index contributed by atoms with van der Waals surface area (Å²) in [5.74, 6) is 0.396. The summed E-state index contributed by atoms with van der Waals surface area (Å²) in [6.07, 6.45) is 1.12. The van der Waals surface area contributed by atoms with Crippen molar-refractivity contribution in [2.24, 2.45) is 0 Å².